The molecule has 0 spiro atoms. The molecule has 0 saturated heterocycles. The van der Waals surface area contributed by atoms with Crippen molar-refractivity contribution in [2.24, 2.45) is 5.73 Å². The van der Waals surface area contributed by atoms with Crippen molar-refractivity contribution in [2.75, 3.05) is 0 Å². The van der Waals surface area contributed by atoms with Crippen LogP contribution in [0, 0.1) is 0 Å². The minimum atomic E-state index is -0.403. The van der Waals surface area contributed by atoms with E-state index in [0.717, 1.165) is 12.8 Å². The number of carbonyl (C=O) groups is 1. The third-order valence-corrected chi connectivity index (χ3v) is 4.66. The van der Waals surface area contributed by atoms with E-state index < -0.39 is 6.23 Å². The van der Waals surface area contributed by atoms with Crippen molar-refractivity contribution in [1.82, 2.24) is 0 Å². The van der Waals surface area contributed by atoms with E-state index >= 15 is 0 Å². The monoisotopic (exact) mass is 381 g/mol. The summed E-state index contributed by atoms with van der Waals surface area (Å²) in [5.41, 5.74) is 5.76. The molecule has 0 aromatic rings. The molecule has 0 heterocycles. The van der Waals surface area contributed by atoms with Crippen molar-refractivity contribution in [3.05, 3.63) is 0 Å². The van der Waals surface area contributed by atoms with Crippen LogP contribution in [0.15, 0.2) is 0 Å². The van der Waals surface area contributed by atoms with Crippen molar-refractivity contribution < 1.29 is 62.3 Å². The van der Waals surface area contributed by atoms with Gasteiger partial charge in [-0.25, -0.2) is 0 Å². The molecular formula is C21H44KNO2. The van der Waals surface area contributed by atoms with Gasteiger partial charge in [0.15, 0.2) is 6.23 Å². The fourth-order valence-electron chi connectivity index (χ4n) is 3.03. The van der Waals surface area contributed by atoms with Crippen LogP contribution >= 0.6 is 0 Å². The van der Waals surface area contributed by atoms with Gasteiger partial charge in [0.1, 0.15) is 0 Å². The first-order valence-electron chi connectivity index (χ1n) is 10.7. The predicted octanol–water partition coefficient (Wildman–Crippen LogP) is 3.60. The fraction of sp³-hybridized carbons (Fsp3) is 0.952. The number of nitrogens with two attached hydrogens (primary N) is 1. The summed E-state index contributed by atoms with van der Waals surface area (Å²) in [6.07, 6.45) is 21.2. The van der Waals surface area contributed by atoms with Gasteiger partial charge in [0.25, 0.3) is 0 Å². The third-order valence-electron chi connectivity index (χ3n) is 4.66. The molecule has 4 heteroatoms. The topological polar surface area (TPSA) is 52.3 Å². The number of hydrogen-bond acceptors (Lipinski definition) is 3. The van der Waals surface area contributed by atoms with Crippen LogP contribution in [0.3, 0.4) is 0 Å². The molecule has 146 valence electrons. The van der Waals surface area contributed by atoms with Crippen LogP contribution in [0.2, 0.25) is 0 Å². The molecule has 0 fully saturated rings. The number of unbranched alkanes of at least 4 members (excludes halogenated alkanes) is 14. The Hall–Kier alpha value is 1.07. The average Bonchev–Trinajstić information content (AvgIpc) is 2.58. The van der Waals surface area contributed by atoms with Crippen molar-refractivity contribution in [3.8, 4) is 0 Å². The SMILES string of the molecule is CCCCCCCCCCCCCCCCCC(N)OC(=O)CC.[H-].[K+]. The Balaban J connectivity index is -0.00000264. The zero-order valence-electron chi connectivity index (χ0n) is 18.5. The third kappa shape index (κ3) is 23.0. The van der Waals surface area contributed by atoms with Gasteiger partial charge < -0.3 is 6.16 Å². The quantitative estimate of drug-likeness (QED) is 0.171. The van der Waals surface area contributed by atoms with E-state index in [1.54, 1.807) is 6.92 Å². The van der Waals surface area contributed by atoms with Crippen LogP contribution in [0.4, 0.5) is 0 Å². The molecule has 0 radical (unpaired) electrons. The first-order chi connectivity index (χ1) is 11.7. The molecule has 0 aliphatic rings. The van der Waals surface area contributed by atoms with E-state index in [9.17, 15) is 4.79 Å². The zero-order valence-corrected chi connectivity index (χ0v) is 20.6. The Bertz CT molecular complexity index is 281. The number of carbonyl (C=O) groups excluding carboxylic acids is 1. The van der Waals surface area contributed by atoms with Gasteiger partial charge in [-0.2, -0.15) is 0 Å². The van der Waals surface area contributed by atoms with Gasteiger partial charge in [0.2, 0.25) is 0 Å². The van der Waals surface area contributed by atoms with Gasteiger partial charge in [0, 0.05) is 6.42 Å². The summed E-state index contributed by atoms with van der Waals surface area (Å²) in [5.74, 6) is -0.191. The van der Waals surface area contributed by atoms with E-state index in [1.807, 2.05) is 0 Å². The zero-order chi connectivity index (χ0) is 17.9. The normalized spacial score (nSPS) is 11.8. The maximum absolute atomic E-state index is 11.1. The first-order valence-corrected chi connectivity index (χ1v) is 10.7. The Morgan fingerprint density at radius 1 is 0.760 bits per heavy atom. The molecule has 0 bridgehead atoms. The Morgan fingerprint density at radius 3 is 1.48 bits per heavy atom. The Kier molecular flexibility index (Phi) is 26.1. The van der Waals surface area contributed by atoms with Gasteiger partial charge in [-0.3, -0.25) is 10.5 Å². The molecule has 0 aliphatic carbocycles. The van der Waals surface area contributed by atoms with Gasteiger partial charge in [0.05, 0.1) is 0 Å². The van der Waals surface area contributed by atoms with Crippen molar-refractivity contribution in [2.45, 2.75) is 129 Å². The van der Waals surface area contributed by atoms with E-state index in [4.69, 9.17) is 10.5 Å². The molecule has 1 unspecified atom stereocenters. The molecule has 3 nitrogen and oxygen atoms in total. The second-order valence-electron chi connectivity index (χ2n) is 7.12. The minimum Gasteiger partial charge on any atom is -1.00 e. The van der Waals surface area contributed by atoms with E-state index in [-0.39, 0.29) is 58.8 Å². The minimum absolute atomic E-state index is 0. The maximum atomic E-state index is 11.1. The molecular weight excluding hydrogens is 337 g/mol. The van der Waals surface area contributed by atoms with E-state index in [2.05, 4.69) is 6.92 Å². The second-order valence-corrected chi connectivity index (χ2v) is 7.12. The van der Waals surface area contributed by atoms with Gasteiger partial charge in [-0.1, -0.05) is 104 Å². The summed E-state index contributed by atoms with van der Waals surface area (Å²) in [7, 11) is 0. The van der Waals surface area contributed by atoms with Crippen molar-refractivity contribution in [1.29, 1.82) is 0 Å². The smallest absolute Gasteiger partial charge is 1.00 e. The summed E-state index contributed by atoms with van der Waals surface area (Å²) in [6, 6.07) is 0. The molecule has 25 heavy (non-hydrogen) atoms. The van der Waals surface area contributed by atoms with E-state index in [0.29, 0.717) is 6.42 Å². The number of rotatable bonds is 18. The molecule has 2 N–H and O–H groups in total. The van der Waals surface area contributed by atoms with Crippen LogP contribution in [0.5, 0.6) is 0 Å². The number of ether oxygens (including phenoxy) is 1. The summed E-state index contributed by atoms with van der Waals surface area (Å²) < 4.78 is 5.06. The maximum Gasteiger partial charge on any atom is 1.00 e. The second kappa shape index (κ2) is 23.1. The summed E-state index contributed by atoms with van der Waals surface area (Å²) in [5, 5.41) is 0. The predicted molar refractivity (Wildman–Crippen MR) is 105 cm³/mol. The Morgan fingerprint density at radius 2 is 1.12 bits per heavy atom. The summed E-state index contributed by atoms with van der Waals surface area (Å²) in [6.45, 7) is 4.07. The standard InChI is InChI=1S/C21H43NO2.K.H/c1-3-5-6-7-8-9-10-11-12-13-14-15-16-17-18-19-20(22)24-21(23)4-2;;/h20H,3-19,22H2,1-2H3;;/q;+1;-1. The van der Waals surface area contributed by atoms with Crippen LogP contribution in [-0.4, -0.2) is 12.2 Å². The largest absolute Gasteiger partial charge is 1.00 e. The first kappa shape index (κ1) is 28.3. The van der Waals surface area contributed by atoms with Crippen LogP contribution < -0.4 is 57.1 Å². The molecule has 0 aromatic carbocycles. The van der Waals surface area contributed by atoms with Gasteiger partial charge in [-0.15, -0.1) is 0 Å². The van der Waals surface area contributed by atoms with Crippen LogP contribution in [0.1, 0.15) is 124 Å². The van der Waals surface area contributed by atoms with Gasteiger partial charge in [-0.05, 0) is 12.8 Å². The number of hydrogen-bond donors (Lipinski definition) is 1. The summed E-state index contributed by atoms with van der Waals surface area (Å²) in [4.78, 5) is 11.1. The molecule has 0 aromatic heterocycles. The number of esters is 1. The van der Waals surface area contributed by atoms with Crippen LogP contribution in [-0.2, 0) is 9.53 Å². The Labute approximate surface area is 201 Å². The van der Waals surface area contributed by atoms with E-state index in [1.165, 1.54) is 89.9 Å². The van der Waals surface area contributed by atoms with Crippen molar-refractivity contribution >= 4 is 5.97 Å². The fourth-order valence-corrected chi connectivity index (χ4v) is 3.03. The van der Waals surface area contributed by atoms with Crippen molar-refractivity contribution in [3.63, 3.8) is 0 Å². The average molecular weight is 382 g/mol. The molecule has 0 amide bonds. The molecule has 0 saturated carbocycles. The van der Waals surface area contributed by atoms with Crippen LogP contribution in [0.25, 0.3) is 0 Å². The molecule has 0 aliphatic heterocycles. The molecule has 1 atom stereocenters. The molecule has 0 rings (SSSR count). The van der Waals surface area contributed by atoms with Gasteiger partial charge >= 0.3 is 57.4 Å². The summed E-state index contributed by atoms with van der Waals surface area (Å²) >= 11 is 0.